The highest BCUT2D eigenvalue weighted by atomic mass is 35.5. The van der Waals surface area contributed by atoms with E-state index >= 15 is 0 Å². The summed E-state index contributed by atoms with van der Waals surface area (Å²) in [5, 5.41) is 12.3. The van der Waals surface area contributed by atoms with Crippen molar-refractivity contribution in [1.82, 2.24) is 9.88 Å². The Balaban J connectivity index is 1.28. The zero-order chi connectivity index (χ0) is 20.2. The number of β-amino-alcohol motifs (C(OH)–C–C–N with tert-alkyl or cyclic N) is 1. The normalized spacial score (nSPS) is 16.8. The van der Waals surface area contributed by atoms with Crippen LogP contribution in [-0.4, -0.2) is 54.4 Å². The molecule has 0 bridgehead atoms. The molecule has 2 aromatic carbocycles. The molecule has 154 valence electrons. The number of aliphatic hydroxyl groups excluding tert-OH is 1. The molecule has 0 amide bonds. The molecule has 29 heavy (non-hydrogen) atoms. The summed E-state index contributed by atoms with van der Waals surface area (Å²) in [7, 11) is 1.70. The van der Waals surface area contributed by atoms with Gasteiger partial charge in [0.1, 0.15) is 24.2 Å². The summed E-state index contributed by atoms with van der Waals surface area (Å²) in [5.41, 5.74) is 2.52. The lowest BCUT2D eigenvalue weighted by Crippen LogP contribution is -2.40. The Bertz CT molecular complexity index is 933. The molecule has 4 rings (SSSR count). The second kappa shape index (κ2) is 9.08. The van der Waals surface area contributed by atoms with E-state index in [9.17, 15) is 5.11 Å². The fourth-order valence-corrected chi connectivity index (χ4v) is 4.21. The first-order valence-corrected chi connectivity index (χ1v) is 10.4. The van der Waals surface area contributed by atoms with Crippen LogP contribution in [0.25, 0.3) is 10.9 Å². The van der Waals surface area contributed by atoms with Crippen LogP contribution in [0, 0.1) is 0 Å². The Morgan fingerprint density at radius 3 is 2.59 bits per heavy atom. The molecule has 1 saturated heterocycles. The van der Waals surface area contributed by atoms with Crippen molar-refractivity contribution in [2.24, 2.45) is 0 Å². The number of halogens is 1. The lowest BCUT2D eigenvalue weighted by Gasteiger charge is -2.33. The summed E-state index contributed by atoms with van der Waals surface area (Å²) >= 11 is 5.88. The average Bonchev–Trinajstić information content (AvgIpc) is 3.17. The molecule has 1 aliphatic rings. The van der Waals surface area contributed by atoms with Crippen molar-refractivity contribution in [3.8, 4) is 11.5 Å². The van der Waals surface area contributed by atoms with Crippen molar-refractivity contribution in [2.75, 3.05) is 33.4 Å². The number of hydrogen-bond acceptors (Lipinski definition) is 4. The minimum absolute atomic E-state index is 0.282. The smallest absolute Gasteiger partial charge is 0.119 e. The number of H-pyrrole nitrogens is 1. The van der Waals surface area contributed by atoms with Gasteiger partial charge in [-0.15, -0.1) is 0 Å². The quantitative estimate of drug-likeness (QED) is 0.599. The highest BCUT2D eigenvalue weighted by Crippen LogP contribution is 2.34. The summed E-state index contributed by atoms with van der Waals surface area (Å²) in [6.07, 6.45) is 3.78. The predicted octanol–water partition coefficient (Wildman–Crippen LogP) is 4.45. The van der Waals surface area contributed by atoms with Crippen LogP contribution < -0.4 is 9.47 Å². The molecule has 0 saturated carbocycles. The maximum absolute atomic E-state index is 10.4. The van der Waals surface area contributed by atoms with Gasteiger partial charge in [0.2, 0.25) is 0 Å². The minimum Gasteiger partial charge on any atom is -0.497 e. The van der Waals surface area contributed by atoms with Gasteiger partial charge in [-0.1, -0.05) is 11.6 Å². The molecule has 2 heterocycles. The van der Waals surface area contributed by atoms with E-state index in [2.05, 4.69) is 28.2 Å². The number of likely N-dealkylation sites (tertiary alicyclic amines) is 1. The summed E-state index contributed by atoms with van der Waals surface area (Å²) in [4.78, 5) is 5.70. The lowest BCUT2D eigenvalue weighted by atomic mass is 9.89. The first-order valence-electron chi connectivity index (χ1n) is 10.1. The summed E-state index contributed by atoms with van der Waals surface area (Å²) in [6, 6.07) is 13.4. The van der Waals surface area contributed by atoms with E-state index in [4.69, 9.17) is 21.1 Å². The van der Waals surface area contributed by atoms with Crippen LogP contribution in [0.2, 0.25) is 5.02 Å². The van der Waals surface area contributed by atoms with E-state index in [0.717, 1.165) is 42.9 Å². The van der Waals surface area contributed by atoms with Gasteiger partial charge in [0.15, 0.2) is 0 Å². The zero-order valence-corrected chi connectivity index (χ0v) is 17.4. The topological polar surface area (TPSA) is 57.7 Å². The van der Waals surface area contributed by atoms with E-state index < -0.39 is 6.10 Å². The largest absolute Gasteiger partial charge is 0.497 e. The third-order valence-corrected chi connectivity index (χ3v) is 5.93. The number of methoxy groups -OCH3 is 1. The third kappa shape index (κ3) is 4.86. The number of hydrogen-bond donors (Lipinski definition) is 2. The second-order valence-corrected chi connectivity index (χ2v) is 8.09. The Morgan fingerprint density at radius 2 is 1.86 bits per heavy atom. The Morgan fingerprint density at radius 1 is 1.14 bits per heavy atom. The van der Waals surface area contributed by atoms with Gasteiger partial charge in [-0.2, -0.15) is 0 Å². The molecule has 1 unspecified atom stereocenters. The predicted molar refractivity (Wildman–Crippen MR) is 116 cm³/mol. The number of aliphatic hydroxyl groups is 1. The number of aromatic nitrogens is 1. The maximum atomic E-state index is 10.4. The molecule has 1 fully saturated rings. The number of aromatic amines is 1. The van der Waals surface area contributed by atoms with E-state index in [1.54, 1.807) is 19.2 Å². The van der Waals surface area contributed by atoms with E-state index in [1.165, 1.54) is 10.9 Å². The number of benzene rings is 2. The van der Waals surface area contributed by atoms with Crippen molar-refractivity contribution in [1.29, 1.82) is 0 Å². The Hall–Kier alpha value is -2.21. The highest BCUT2D eigenvalue weighted by Gasteiger charge is 2.24. The molecule has 0 aliphatic carbocycles. The molecule has 1 aliphatic heterocycles. The Kier molecular flexibility index (Phi) is 6.28. The van der Waals surface area contributed by atoms with Gasteiger partial charge < -0.3 is 24.5 Å². The first kappa shape index (κ1) is 20.1. The molecular formula is C23H27ClN2O3. The molecule has 0 spiro atoms. The number of nitrogens with one attached hydrogen (secondary N) is 1. The number of ether oxygens (including phenoxy) is 2. The van der Waals surface area contributed by atoms with Crippen LogP contribution in [0.5, 0.6) is 11.5 Å². The van der Waals surface area contributed by atoms with Crippen molar-refractivity contribution < 1.29 is 14.6 Å². The molecule has 3 aromatic rings. The van der Waals surface area contributed by atoms with E-state index in [1.807, 2.05) is 18.2 Å². The number of nitrogens with zero attached hydrogens (tertiary/aromatic N) is 1. The van der Waals surface area contributed by atoms with Gasteiger partial charge in [0, 0.05) is 28.7 Å². The fraction of sp³-hybridized carbons (Fsp3) is 0.391. The van der Waals surface area contributed by atoms with E-state index in [-0.39, 0.29) is 6.61 Å². The van der Waals surface area contributed by atoms with Gasteiger partial charge in [-0.3, -0.25) is 0 Å². The molecule has 5 nitrogen and oxygen atoms in total. The minimum atomic E-state index is -0.514. The maximum Gasteiger partial charge on any atom is 0.119 e. The molecule has 6 heteroatoms. The van der Waals surface area contributed by atoms with Crippen LogP contribution in [0.4, 0.5) is 0 Å². The van der Waals surface area contributed by atoms with Gasteiger partial charge >= 0.3 is 0 Å². The molecule has 2 N–H and O–H groups in total. The van der Waals surface area contributed by atoms with Gasteiger partial charge in [-0.05, 0) is 79.9 Å². The Labute approximate surface area is 176 Å². The van der Waals surface area contributed by atoms with Crippen LogP contribution >= 0.6 is 11.6 Å². The van der Waals surface area contributed by atoms with Crippen LogP contribution in [0.1, 0.15) is 24.3 Å². The standard InChI is InChI=1S/C23H27ClN2O3/c1-28-20-6-7-23-21(12-20)22(13-25-23)16-8-10-26(11-9-16)14-18(27)15-29-19-4-2-17(24)3-5-19/h2-7,12-13,16,18,25,27H,8-11,14-15H2,1H3. The van der Waals surface area contributed by atoms with Crippen molar-refractivity contribution >= 4 is 22.5 Å². The van der Waals surface area contributed by atoms with E-state index in [0.29, 0.717) is 17.5 Å². The van der Waals surface area contributed by atoms with Gasteiger partial charge in [-0.25, -0.2) is 0 Å². The number of rotatable bonds is 7. The first-order chi connectivity index (χ1) is 14.1. The summed E-state index contributed by atoms with van der Waals surface area (Å²) in [5.74, 6) is 2.14. The SMILES string of the molecule is COc1ccc2[nH]cc(C3CCN(CC(O)COc4ccc(Cl)cc4)CC3)c2c1. The van der Waals surface area contributed by atoms with Gasteiger partial charge in [0.25, 0.3) is 0 Å². The third-order valence-electron chi connectivity index (χ3n) is 5.67. The summed E-state index contributed by atoms with van der Waals surface area (Å²) < 4.78 is 11.1. The second-order valence-electron chi connectivity index (χ2n) is 7.65. The molecule has 0 radical (unpaired) electrons. The van der Waals surface area contributed by atoms with Crippen molar-refractivity contribution in [3.63, 3.8) is 0 Å². The van der Waals surface area contributed by atoms with Crippen LogP contribution in [0.15, 0.2) is 48.7 Å². The van der Waals surface area contributed by atoms with Crippen LogP contribution in [-0.2, 0) is 0 Å². The highest BCUT2D eigenvalue weighted by molar-refractivity contribution is 6.30. The van der Waals surface area contributed by atoms with Crippen molar-refractivity contribution in [2.45, 2.75) is 24.9 Å². The average molecular weight is 415 g/mol. The molecule has 1 atom stereocenters. The van der Waals surface area contributed by atoms with Crippen molar-refractivity contribution in [3.05, 3.63) is 59.2 Å². The van der Waals surface area contributed by atoms with Crippen LogP contribution in [0.3, 0.4) is 0 Å². The number of fused-ring (bicyclic) bond motifs is 1. The number of piperidine rings is 1. The summed E-state index contributed by atoms with van der Waals surface area (Å²) in [6.45, 7) is 2.85. The molecule has 1 aromatic heterocycles. The lowest BCUT2D eigenvalue weighted by molar-refractivity contribution is 0.0595. The molecular weight excluding hydrogens is 388 g/mol. The zero-order valence-electron chi connectivity index (χ0n) is 16.6. The van der Waals surface area contributed by atoms with Gasteiger partial charge in [0.05, 0.1) is 7.11 Å². The monoisotopic (exact) mass is 414 g/mol. The fourth-order valence-electron chi connectivity index (χ4n) is 4.09.